The van der Waals surface area contributed by atoms with Crippen LogP contribution < -0.4 is 4.90 Å². The smallest absolute Gasteiger partial charge is 0.187 e. The Hall–Kier alpha value is -2.55. The molecule has 0 radical (unpaired) electrons. The minimum absolute atomic E-state index is 0.238. The first kappa shape index (κ1) is 23.6. The zero-order chi connectivity index (χ0) is 24.1. The first-order valence-corrected chi connectivity index (χ1v) is 12.6. The second-order valence-corrected chi connectivity index (χ2v) is 10.8. The molecule has 0 N–H and O–H groups in total. The third kappa shape index (κ3) is 4.47. The third-order valence-corrected chi connectivity index (χ3v) is 7.58. The van der Waals surface area contributed by atoms with Crippen molar-refractivity contribution in [3.8, 4) is 0 Å². The number of hydrogen-bond donors (Lipinski definition) is 0. The van der Waals surface area contributed by atoms with Gasteiger partial charge in [0, 0.05) is 29.2 Å². The maximum atomic E-state index is 14.2. The fourth-order valence-corrected chi connectivity index (χ4v) is 5.71. The number of hydrogen-bond acceptors (Lipinski definition) is 4. The standard InChI is InChI=1S/C24H25F4NO3S/c1-4-9-29-14(3)32-24(16-6-7-16)17-10-15(5-8-19(17)29)11-33(30,31)12-18-22(27)20(25)13(2)21(26)23(18)28/h5,8,10,16,24H,3-4,6-7,9,11-12H2,1-2H3. The summed E-state index contributed by atoms with van der Waals surface area (Å²) in [6, 6.07) is 5.16. The van der Waals surface area contributed by atoms with Gasteiger partial charge in [0.1, 0.15) is 6.10 Å². The molecule has 2 aliphatic rings. The highest BCUT2D eigenvalue weighted by molar-refractivity contribution is 7.89. The van der Waals surface area contributed by atoms with Gasteiger partial charge in [-0.25, -0.2) is 26.0 Å². The van der Waals surface area contributed by atoms with Crippen molar-refractivity contribution in [2.45, 2.75) is 50.7 Å². The number of halogens is 4. The first-order valence-electron chi connectivity index (χ1n) is 10.8. The summed E-state index contributed by atoms with van der Waals surface area (Å²) in [5.74, 6) is -7.37. The van der Waals surface area contributed by atoms with Crippen LogP contribution in [0, 0.1) is 36.1 Å². The molecule has 2 aromatic rings. The van der Waals surface area contributed by atoms with E-state index in [4.69, 9.17) is 4.74 Å². The highest BCUT2D eigenvalue weighted by Crippen LogP contribution is 2.50. The Kier molecular flexibility index (Phi) is 6.20. The summed E-state index contributed by atoms with van der Waals surface area (Å²) in [4.78, 5) is 1.94. The average molecular weight is 484 g/mol. The molecule has 2 aromatic carbocycles. The van der Waals surface area contributed by atoms with E-state index >= 15 is 0 Å². The molecule has 0 spiro atoms. The Morgan fingerprint density at radius 3 is 2.27 bits per heavy atom. The summed E-state index contributed by atoms with van der Waals surface area (Å²) in [5.41, 5.74) is 0.186. The monoisotopic (exact) mass is 483 g/mol. The molecule has 1 aliphatic carbocycles. The summed E-state index contributed by atoms with van der Waals surface area (Å²) in [5, 5.41) is 0. The largest absolute Gasteiger partial charge is 0.471 e. The van der Waals surface area contributed by atoms with E-state index in [-0.39, 0.29) is 6.10 Å². The van der Waals surface area contributed by atoms with Crippen LogP contribution in [0.3, 0.4) is 0 Å². The molecule has 1 saturated carbocycles. The number of fused-ring (bicyclic) bond motifs is 1. The van der Waals surface area contributed by atoms with Gasteiger partial charge in [-0.2, -0.15) is 0 Å². The molecule has 178 valence electrons. The predicted molar refractivity (Wildman–Crippen MR) is 117 cm³/mol. The highest BCUT2D eigenvalue weighted by Gasteiger charge is 2.40. The predicted octanol–water partition coefficient (Wildman–Crippen LogP) is 5.84. The second kappa shape index (κ2) is 8.66. The van der Waals surface area contributed by atoms with Gasteiger partial charge < -0.3 is 9.64 Å². The van der Waals surface area contributed by atoms with Crippen molar-refractivity contribution in [2.75, 3.05) is 11.4 Å². The van der Waals surface area contributed by atoms with Crippen LogP contribution in [0.2, 0.25) is 0 Å². The van der Waals surface area contributed by atoms with Crippen molar-refractivity contribution >= 4 is 15.5 Å². The molecule has 9 heteroatoms. The fourth-order valence-electron chi connectivity index (χ4n) is 4.23. The van der Waals surface area contributed by atoms with Gasteiger partial charge in [-0.05, 0) is 50.5 Å². The van der Waals surface area contributed by atoms with Crippen LogP contribution >= 0.6 is 0 Å². The maximum absolute atomic E-state index is 14.2. The van der Waals surface area contributed by atoms with Gasteiger partial charge in [-0.3, -0.25) is 0 Å². The van der Waals surface area contributed by atoms with Crippen molar-refractivity contribution in [3.63, 3.8) is 0 Å². The second-order valence-electron chi connectivity index (χ2n) is 8.71. The van der Waals surface area contributed by atoms with Crippen LogP contribution in [0.4, 0.5) is 23.2 Å². The van der Waals surface area contributed by atoms with Gasteiger partial charge in [-0.15, -0.1) is 0 Å². The Morgan fingerprint density at radius 1 is 1.06 bits per heavy atom. The van der Waals surface area contributed by atoms with Crippen LogP contribution in [0.5, 0.6) is 0 Å². The van der Waals surface area contributed by atoms with E-state index in [9.17, 15) is 26.0 Å². The van der Waals surface area contributed by atoms with E-state index in [2.05, 4.69) is 6.58 Å². The molecular formula is C24H25F4NO3S. The Balaban J connectivity index is 1.65. The molecule has 0 amide bonds. The summed E-state index contributed by atoms with van der Waals surface area (Å²) >= 11 is 0. The molecule has 1 fully saturated rings. The van der Waals surface area contributed by atoms with Gasteiger partial charge in [0.15, 0.2) is 39.0 Å². The zero-order valence-electron chi connectivity index (χ0n) is 18.4. The lowest BCUT2D eigenvalue weighted by atomic mass is 9.98. The van der Waals surface area contributed by atoms with Crippen LogP contribution in [0.25, 0.3) is 0 Å². The quantitative estimate of drug-likeness (QED) is 0.367. The van der Waals surface area contributed by atoms with Gasteiger partial charge >= 0.3 is 0 Å². The van der Waals surface area contributed by atoms with Crippen LogP contribution in [0.15, 0.2) is 30.7 Å². The van der Waals surface area contributed by atoms with Crippen LogP contribution in [-0.2, 0) is 26.1 Å². The zero-order valence-corrected chi connectivity index (χ0v) is 19.2. The minimum atomic E-state index is -4.15. The molecule has 0 saturated heterocycles. The number of rotatable bonds is 7. The molecule has 1 unspecified atom stereocenters. The Bertz CT molecular complexity index is 1200. The highest BCUT2D eigenvalue weighted by atomic mass is 32.2. The van der Waals surface area contributed by atoms with Gasteiger partial charge in [0.05, 0.1) is 17.2 Å². The van der Waals surface area contributed by atoms with E-state index < -0.39 is 55.7 Å². The molecule has 0 aromatic heterocycles. The van der Waals surface area contributed by atoms with E-state index in [1.165, 1.54) is 0 Å². The summed E-state index contributed by atoms with van der Waals surface area (Å²) in [6.45, 7) is 7.61. The van der Waals surface area contributed by atoms with Crippen molar-refractivity contribution in [2.24, 2.45) is 5.92 Å². The maximum Gasteiger partial charge on any atom is 0.187 e. The normalized spacial score (nSPS) is 18.3. The van der Waals surface area contributed by atoms with Crippen molar-refractivity contribution < 1.29 is 30.7 Å². The first-order chi connectivity index (χ1) is 15.5. The number of nitrogens with zero attached hydrogens (tertiary/aromatic N) is 1. The molecule has 1 heterocycles. The molecule has 0 bridgehead atoms. The summed E-state index contributed by atoms with van der Waals surface area (Å²) in [7, 11) is -4.15. The lowest BCUT2D eigenvalue weighted by Crippen LogP contribution is -2.32. The van der Waals surface area contributed by atoms with E-state index in [1.54, 1.807) is 18.2 Å². The fraction of sp³-hybridized carbons (Fsp3) is 0.417. The number of benzene rings is 2. The molecule has 4 nitrogen and oxygen atoms in total. The average Bonchev–Trinajstić information content (AvgIpc) is 3.61. The lowest BCUT2D eigenvalue weighted by Gasteiger charge is -2.37. The number of ether oxygens (including phenoxy) is 1. The topological polar surface area (TPSA) is 46.6 Å². The summed E-state index contributed by atoms with van der Waals surface area (Å²) < 4.78 is 87.8. The molecule has 4 rings (SSSR count). The summed E-state index contributed by atoms with van der Waals surface area (Å²) in [6.07, 6.45) is 2.61. The Morgan fingerprint density at radius 2 is 1.70 bits per heavy atom. The van der Waals surface area contributed by atoms with Crippen LogP contribution in [0.1, 0.15) is 54.5 Å². The van der Waals surface area contributed by atoms with Crippen LogP contribution in [-0.4, -0.2) is 15.0 Å². The molecular weight excluding hydrogens is 458 g/mol. The van der Waals surface area contributed by atoms with Gasteiger partial charge in [-0.1, -0.05) is 13.0 Å². The number of anilines is 1. The van der Waals surface area contributed by atoms with Gasteiger partial charge in [0.2, 0.25) is 0 Å². The Labute approximate surface area is 190 Å². The molecule has 1 atom stereocenters. The van der Waals surface area contributed by atoms with Crippen molar-refractivity contribution in [3.05, 3.63) is 76.2 Å². The van der Waals surface area contributed by atoms with E-state index in [0.29, 0.717) is 23.9 Å². The SMILES string of the molecule is C=C1OC(C2CC2)c2cc(CS(=O)(=O)Cc3c(F)c(F)c(C)c(F)c3F)ccc2N1CCC. The van der Waals surface area contributed by atoms with Crippen molar-refractivity contribution in [1.29, 1.82) is 0 Å². The van der Waals surface area contributed by atoms with Gasteiger partial charge in [0.25, 0.3) is 0 Å². The van der Waals surface area contributed by atoms with E-state index in [0.717, 1.165) is 37.4 Å². The molecule has 33 heavy (non-hydrogen) atoms. The van der Waals surface area contributed by atoms with Crippen molar-refractivity contribution in [1.82, 2.24) is 0 Å². The molecule has 1 aliphatic heterocycles. The minimum Gasteiger partial charge on any atom is -0.471 e. The lowest BCUT2D eigenvalue weighted by molar-refractivity contribution is 0.0844. The number of sulfone groups is 1. The third-order valence-electron chi connectivity index (χ3n) is 6.08. The van der Waals surface area contributed by atoms with E-state index in [1.807, 2.05) is 11.8 Å².